The topological polar surface area (TPSA) is 59.7 Å². The summed E-state index contributed by atoms with van der Waals surface area (Å²) in [5.74, 6) is 0.478. The molecule has 2 N–H and O–H groups in total. The van der Waals surface area contributed by atoms with E-state index in [1.807, 2.05) is 0 Å². The van der Waals surface area contributed by atoms with E-state index in [1.165, 1.54) is 22.6 Å². The molecule has 130 valence electrons. The lowest BCUT2D eigenvalue weighted by Crippen LogP contribution is -2.34. The molecule has 0 amide bonds. The maximum atomic E-state index is 4.88. The Morgan fingerprint density at radius 2 is 2.08 bits per heavy atom. The van der Waals surface area contributed by atoms with Gasteiger partial charge < -0.3 is 10.6 Å². The summed E-state index contributed by atoms with van der Waals surface area (Å²) in [4.78, 5) is 0. The minimum Gasteiger partial charge on any atom is -0.311 e. The van der Waals surface area contributed by atoms with Crippen molar-refractivity contribution in [2.24, 2.45) is 0 Å². The van der Waals surface area contributed by atoms with E-state index in [0.29, 0.717) is 18.0 Å². The molecule has 2 aromatic heterocycles. The third-order valence-electron chi connectivity index (χ3n) is 5.28. The molecular formula is C18H28N6. The SMILES string of the molecule is CC(C)c1cc2n(n1)C(CC(C)n1cc3c(n1)CNCC3)CNC2. The van der Waals surface area contributed by atoms with Crippen LogP contribution in [0.1, 0.15) is 67.8 Å². The molecular weight excluding hydrogens is 300 g/mol. The van der Waals surface area contributed by atoms with E-state index in [2.05, 4.69) is 53.0 Å². The van der Waals surface area contributed by atoms with Gasteiger partial charge in [0.1, 0.15) is 0 Å². The fourth-order valence-electron chi connectivity index (χ4n) is 3.80. The Balaban J connectivity index is 1.52. The van der Waals surface area contributed by atoms with Gasteiger partial charge in [0.2, 0.25) is 0 Å². The van der Waals surface area contributed by atoms with Crippen LogP contribution in [0.25, 0.3) is 0 Å². The summed E-state index contributed by atoms with van der Waals surface area (Å²) in [5.41, 5.74) is 5.14. The van der Waals surface area contributed by atoms with Gasteiger partial charge in [-0.1, -0.05) is 13.8 Å². The summed E-state index contributed by atoms with van der Waals surface area (Å²) in [6.45, 7) is 10.6. The van der Waals surface area contributed by atoms with Crippen molar-refractivity contribution in [3.05, 3.63) is 34.9 Å². The van der Waals surface area contributed by atoms with Crippen LogP contribution in [0.2, 0.25) is 0 Å². The molecule has 2 atom stereocenters. The monoisotopic (exact) mass is 328 g/mol. The van der Waals surface area contributed by atoms with Gasteiger partial charge in [0, 0.05) is 25.8 Å². The second-order valence-electron chi connectivity index (χ2n) is 7.54. The van der Waals surface area contributed by atoms with E-state index in [-0.39, 0.29) is 0 Å². The molecule has 2 aliphatic rings. The maximum absolute atomic E-state index is 4.88. The van der Waals surface area contributed by atoms with Gasteiger partial charge in [-0.15, -0.1) is 0 Å². The fourth-order valence-corrected chi connectivity index (χ4v) is 3.80. The van der Waals surface area contributed by atoms with Crippen LogP contribution in [0.15, 0.2) is 12.3 Å². The normalized spacial score (nSPS) is 21.6. The Morgan fingerprint density at radius 3 is 2.88 bits per heavy atom. The molecule has 0 aromatic carbocycles. The summed E-state index contributed by atoms with van der Waals surface area (Å²) in [7, 11) is 0. The minimum atomic E-state index is 0.375. The molecule has 0 spiro atoms. The first-order valence-electron chi connectivity index (χ1n) is 9.18. The number of nitrogens with one attached hydrogen (secondary N) is 2. The summed E-state index contributed by atoms with van der Waals surface area (Å²) in [5, 5.41) is 16.6. The van der Waals surface area contributed by atoms with E-state index in [4.69, 9.17) is 10.2 Å². The van der Waals surface area contributed by atoms with Gasteiger partial charge in [-0.2, -0.15) is 10.2 Å². The highest BCUT2D eigenvalue weighted by Crippen LogP contribution is 2.27. The number of aromatic nitrogens is 4. The highest BCUT2D eigenvalue weighted by Gasteiger charge is 2.25. The molecule has 0 fully saturated rings. The number of nitrogens with zero attached hydrogens (tertiary/aromatic N) is 4. The minimum absolute atomic E-state index is 0.375. The Bertz CT molecular complexity index is 690. The van der Waals surface area contributed by atoms with Crippen molar-refractivity contribution >= 4 is 0 Å². The summed E-state index contributed by atoms with van der Waals surface area (Å²) in [6.07, 6.45) is 4.39. The largest absolute Gasteiger partial charge is 0.311 e. The summed E-state index contributed by atoms with van der Waals surface area (Å²) >= 11 is 0. The van der Waals surface area contributed by atoms with Crippen molar-refractivity contribution in [2.75, 3.05) is 13.1 Å². The van der Waals surface area contributed by atoms with Crippen LogP contribution in [0.3, 0.4) is 0 Å². The molecule has 6 nitrogen and oxygen atoms in total. The maximum Gasteiger partial charge on any atom is 0.0794 e. The zero-order valence-electron chi connectivity index (χ0n) is 14.9. The van der Waals surface area contributed by atoms with Crippen LogP contribution >= 0.6 is 0 Å². The number of hydrogen-bond acceptors (Lipinski definition) is 4. The quantitative estimate of drug-likeness (QED) is 0.903. The Hall–Kier alpha value is -1.66. The Morgan fingerprint density at radius 1 is 1.21 bits per heavy atom. The predicted octanol–water partition coefficient (Wildman–Crippen LogP) is 2.14. The molecule has 4 rings (SSSR count). The van der Waals surface area contributed by atoms with Crippen molar-refractivity contribution in [3.8, 4) is 0 Å². The molecule has 4 heterocycles. The lowest BCUT2D eigenvalue weighted by atomic mass is 10.1. The lowest BCUT2D eigenvalue weighted by molar-refractivity contribution is 0.295. The zero-order valence-corrected chi connectivity index (χ0v) is 14.9. The number of fused-ring (bicyclic) bond motifs is 2. The number of rotatable bonds is 4. The fraction of sp³-hybridized carbons (Fsp3) is 0.667. The third kappa shape index (κ3) is 2.89. The summed E-state index contributed by atoms with van der Waals surface area (Å²) in [6, 6.07) is 3.03. The first-order chi connectivity index (χ1) is 11.6. The van der Waals surface area contributed by atoms with Crippen molar-refractivity contribution in [3.63, 3.8) is 0 Å². The van der Waals surface area contributed by atoms with Crippen LogP contribution in [0.4, 0.5) is 0 Å². The number of hydrogen-bond donors (Lipinski definition) is 2. The zero-order chi connectivity index (χ0) is 16.7. The van der Waals surface area contributed by atoms with Crippen LogP contribution in [-0.2, 0) is 19.5 Å². The van der Waals surface area contributed by atoms with Gasteiger partial charge >= 0.3 is 0 Å². The molecule has 2 aromatic rings. The van der Waals surface area contributed by atoms with Crippen molar-refractivity contribution in [1.29, 1.82) is 0 Å². The predicted molar refractivity (Wildman–Crippen MR) is 94.0 cm³/mol. The first-order valence-corrected chi connectivity index (χ1v) is 9.18. The molecule has 2 unspecified atom stereocenters. The standard InChI is InChI=1S/C18H28N6/c1-12(2)17-7-16-9-20-8-15(24(16)22-17)6-13(3)23-11-14-4-5-19-10-18(14)21-23/h7,11-13,15,19-20H,4-6,8-10H2,1-3H3. The van der Waals surface area contributed by atoms with E-state index in [1.54, 1.807) is 0 Å². The second-order valence-corrected chi connectivity index (χ2v) is 7.54. The van der Waals surface area contributed by atoms with Crippen LogP contribution < -0.4 is 10.6 Å². The second kappa shape index (κ2) is 6.33. The van der Waals surface area contributed by atoms with E-state index >= 15 is 0 Å². The molecule has 0 saturated carbocycles. The van der Waals surface area contributed by atoms with E-state index in [0.717, 1.165) is 39.0 Å². The van der Waals surface area contributed by atoms with Gasteiger partial charge in [0.05, 0.1) is 29.2 Å². The molecule has 24 heavy (non-hydrogen) atoms. The van der Waals surface area contributed by atoms with Gasteiger partial charge in [0.25, 0.3) is 0 Å². The van der Waals surface area contributed by atoms with Crippen molar-refractivity contribution in [1.82, 2.24) is 30.2 Å². The smallest absolute Gasteiger partial charge is 0.0794 e. The highest BCUT2D eigenvalue weighted by atomic mass is 15.3. The average Bonchev–Trinajstić information content (AvgIpc) is 3.19. The molecule has 2 aliphatic heterocycles. The van der Waals surface area contributed by atoms with Gasteiger partial charge in [-0.3, -0.25) is 9.36 Å². The third-order valence-corrected chi connectivity index (χ3v) is 5.28. The van der Waals surface area contributed by atoms with Gasteiger partial charge in [0.15, 0.2) is 0 Å². The first kappa shape index (κ1) is 15.8. The van der Waals surface area contributed by atoms with Crippen molar-refractivity contribution < 1.29 is 0 Å². The molecule has 0 bridgehead atoms. The van der Waals surface area contributed by atoms with Crippen LogP contribution in [0, 0.1) is 0 Å². The van der Waals surface area contributed by atoms with E-state index < -0.39 is 0 Å². The molecule has 0 saturated heterocycles. The Labute approximate surface area is 143 Å². The lowest BCUT2D eigenvalue weighted by Gasteiger charge is -2.28. The highest BCUT2D eigenvalue weighted by molar-refractivity contribution is 5.20. The summed E-state index contributed by atoms with van der Waals surface area (Å²) < 4.78 is 4.42. The van der Waals surface area contributed by atoms with Crippen LogP contribution in [-0.4, -0.2) is 32.7 Å². The molecule has 0 radical (unpaired) electrons. The van der Waals surface area contributed by atoms with Gasteiger partial charge in [-0.05, 0) is 43.9 Å². The van der Waals surface area contributed by atoms with Crippen LogP contribution in [0.5, 0.6) is 0 Å². The van der Waals surface area contributed by atoms with E-state index in [9.17, 15) is 0 Å². The molecule has 6 heteroatoms. The van der Waals surface area contributed by atoms with Gasteiger partial charge in [-0.25, -0.2) is 0 Å². The Kier molecular flexibility index (Phi) is 4.18. The van der Waals surface area contributed by atoms with Crippen molar-refractivity contribution in [2.45, 2.75) is 64.7 Å². The average molecular weight is 328 g/mol. The molecule has 0 aliphatic carbocycles.